The Kier molecular flexibility index (Phi) is 5.16. The first kappa shape index (κ1) is 14.3. The highest BCUT2D eigenvalue weighted by molar-refractivity contribution is 6.07. The van der Waals surface area contributed by atoms with Gasteiger partial charge in [0.05, 0.1) is 12.1 Å². The fourth-order valence-corrected chi connectivity index (χ4v) is 1.39. The molecule has 6 nitrogen and oxygen atoms in total. The summed E-state index contributed by atoms with van der Waals surface area (Å²) in [6, 6.07) is 3.03. The smallest absolute Gasteiger partial charge is 0.258 e. The minimum Gasteiger partial charge on any atom is -0.329 e. The summed E-state index contributed by atoms with van der Waals surface area (Å²) >= 11 is 0. The zero-order valence-corrected chi connectivity index (χ0v) is 10.1. The van der Waals surface area contributed by atoms with Gasteiger partial charge in [0.15, 0.2) is 0 Å². The Labute approximate surface area is 110 Å². The van der Waals surface area contributed by atoms with Gasteiger partial charge in [-0.2, -0.15) is 0 Å². The third-order valence-electron chi connectivity index (χ3n) is 2.18. The van der Waals surface area contributed by atoms with E-state index in [0.717, 1.165) is 11.0 Å². The van der Waals surface area contributed by atoms with Crippen molar-refractivity contribution in [3.8, 4) is 0 Å². The number of nitrogens with one attached hydrogen (secondary N) is 1. The lowest BCUT2D eigenvalue weighted by atomic mass is 10.2. The molecule has 0 spiro atoms. The van der Waals surface area contributed by atoms with Crippen LogP contribution in [0.3, 0.4) is 0 Å². The minimum atomic E-state index is -0.547. The molecule has 1 N–H and O–H groups in total. The van der Waals surface area contributed by atoms with Crippen molar-refractivity contribution in [2.45, 2.75) is 0 Å². The Balaban J connectivity index is 3.26. The molecule has 0 atom stereocenters. The maximum atomic E-state index is 11.8. The van der Waals surface area contributed by atoms with Gasteiger partial charge >= 0.3 is 0 Å². The number of pyridine rings is 1. The molecule has 0 unspecified atom stereocenters. The molecule has 1 aromatic heterocycles. The molecule has 1 aromatic rings. The Bertz CT molecular complexity index is 526. The molecule has 0 fully saturated rings. The number of hydrogen-bond donors (Lipinski definition) is 1. The predicted octanol–water partition coefficient (Wildman–Crippen LogP) is 0.584. The molecule has 0 saturated heterocycles. The number of rotatable bonds is 6. The van der Waals surface area contributed by atoms with Gasteiger partial charge in [-0.3, -0.25) is 19.3 Å². The third kappa shape index (κ3) is 3.35. The van der Waals surface area contributed by atoms with Crippen LogP contribution in [0.5, 0.6) is 0 Å². The zero-order valence-electron chi connectivity index (χ0n) is 10.1. The first-order valence-corrected chi connectivity index (χ1v) is 5.31. The number of amides is 2. The molecule has 2 amide bonds. The summed E-state index contributed by atoms with van der Waals surface area (Å²) in [4.78, 5) is 39.0. The van der Waals surface area contributed by atoms with Gasteiger partial charge in [0.2, 0.25) is 6.29 Å². The molecule has 1 radical (unpaired) electrons. The van der Waals surface area contributed by atoms with E-state index in [9.17, 15) is 14.4 Å². The van der Waals surface area contributed by atoms with Crippen molar-refractivity contribution >= 4 is 23.9 Å². The topological polar surface area (TPSA) is 79.4 Å². The van der Waals surface area contributed by atoms with Crippen LogP contribution in [0, 0.1) is 0 Å². The molecule has 0 aliphatic carbocycles. The van der Waals surface area contributed by atoms with Crippen LogP contribution in [0.2, 0.25) is 0 Å². The molecular weight excluding hydrogens is 246 g/mol. The summed E-state index contributed by atoms with van der Waals surface area (Å²) in [5.41, 5.74) is 0.146. The number of anilines is 1. The predicted molar refractivity (Wildman–Crippen MR) is 70.1 cm³/mol. The highest BCUT2D eigenvalue weighted by Gasteiger charge is 2.20. The molecule has 0 saturated carbocycles. The van der Waals surface area contributed by atoms with Crippen molar-refractivity contribution < 1.29 is 14.4 Å². The van der Waals surface area contributed by atoms with E-state index in [-0.39, 0.29) is 17.9 Å². The number of carbonyl (C=O) groups excluding carboxylic acids is 3. The van der Waals surface area contributed by atoms with Crippen molar-refractivity contribution in [3.63, 3.8) is 0 Å². The van der Waals surface area contributed by atoms with Crippen LogP contribution in [0.15, 0.2) is 43.8 Å². The second kappa shape index (κ2) is 6.85. The van der Waals surface area contributed by atoms with E-state index >= 15 is 0 Å². The van der Waals surface area contributed by atoms with E-state index in [1.165, 1.54) is 18.5 Å². The monoisotopic (exact) mass is 258 g/mol. The molecule has 0 aliphatic heterocycles. The van der Waals surface area contributed by atoms with Crippen LogP contribution in [0.25, 0.3) is 0 Å². The van der Waals surface area contributed by atoms with Crippen molar-refractivity contribution in [3.05, 3.63) is 49.3 Å². The molecule has 0 aromatic carbocycles. The van der Waals surface area contributed by atoms with E-state index in [0.29, 0.717) is 0 Å². The number of aromatic nitrogens is 1. The third-order valence-corrected chi connectivity index (χ3v) is 2.18. The SMILES string of the molecule is C=CNC(=O)c1cccnc1N(C[C]=O)C(=O)C=C. The second-order valence-electron chi connectivity index (χ2n) is 3.32. The lowest BCUT2D eigenvalue weighted by molar-refractivity contribution is -0.114. The summed E-state index contributed by atoms with van der Waals surface area (Å²) in [6.07, 6.45) is 5.25. The summed E-state index contributed by atoms with van der Waals surface area (Å²) < 4.78 is 0. The normalized spacial score (nSPS) is 9.26. The van der Waals surface area contributed by atoms with Gasteiger partial charge in [-0.15, -0.1) is 0 Å². The van der Waals surface area contributed by atoms with E-state index in [1.807, 2.05) is 0 Å². The van der Waals surface area contributed by atoms with Crippen molar-refractivity contribution in [1.29, 1.82) is 0 Å². The Morgan fingerprint density at radius 3 is 2.79 bits per heavy atom. The van der Waals surface area contributed by atoms with E-state index < -0.39 is 11.8 Å². The molecule has 1 heterocycles. The standard InChI is InChI=1S/C13H12N3O3/c1-3-11(18)16(8-9-17)12-10(6-5-7-15-12)13(19)14-4-2/h3-7H,1-2,8H2,(H,14,19). The van der Waals surface area contributed by atoms with Gasteiger partial charge in [-0.05, 0) is 24.4 Å². The molecule has 0 bridgehead atoms. The fourth-order valence-electron chi connectivity index (χ4n) is 1.39. The van der Waals surface area contributed by atoms with Gasteiger partial charge in [0.25, 0.3) is 11.8 Å². The first-order chi connectivity index (χ1) is 9.15. The molecule has 6 heteroatoms. The maximum Gasteiger partial charge on any atom is 0.258 e. The van der Waals surface area contributed by atoms with E-state index in [4.69, 9.17) is 0 Å². The Morgan fingerprint density at radius 2 is 2.21 bits per heavy atom. The summed E-state index contributed by atoms with van der Waals surface area (Å²) in [5, 5.41) is 2.38. The molecule has 97 valence electrons. The summed E-state index contributed by atoms with van der Waals surface area (Å²) in [6.45, 7) is 6.37. The average Bonchev–Trinajstić information content (AvgIpc) is 2.44. The highest BCUT2D eigenvalue weighted by Crippen LogP contribution is 2.17. The highest BCUT2D eigenvalue weighted by atomic mass is 16.2. The lowest BCUT2D eigenvalue weighted by Gasteiger charge is -2.19. The van der Waals surface area contributed by atoms with Crippen LogP contribution >= 0.6 is 0 Å². The van der Waals surface area contributed by atoms with Gasteiger partial charge < -0.3 is 5.32 Å². The average molecular weight is 258 g/mol. The number of hydrogen-bond acceptors (Lipinski definition) is 4. The van der Waals surface area contributed by atoms with Crippen LogP contribution in [-0.4, -0.2) is 29.6 Å². The lowest BCUT2D eigenvalue weighted by Crippen LogP contribution is -2.34. The van der Waals surface area contributed by atoms with Crippen molar-refractivity contribution in [2.75, 3.05) is 11.4 Å². The van der Waals surface area contributed by atoms with Crippen molar-refractivity contribution in [2.24, 2.45) is 0 Å². The maximum absolute atomic E-state index is 11.8. The number of carbonyl (C=O) groups is 2. The summed E-state index contributed by atoms with van der Waals surface area (Å²) in [5.74, 6) is -0.962. The van der Waals surface area contributed by atoms with Crippen molar-refractivity contribution in [1.82, 2.24) is 10.3 Å². The van der Waals surface area contributed by atoms with E-state index in [1.54, 1.807) is 12.4 Å². The molecule has 19 heavy (non-hydrogen) atoms. The van der Waals surface area contributed by atoms with Crippen LogP contribution in [-0.2, 0) is 9.59 Å². The van der Waals surface area contributed by atoms with Gasteiger partial charge in [0.1, 0.15) is 5.82 Å². The molecule has 0 aliphatic rings. The van der Waals surface area contributed by atoms with Gasteiger partial charge in [0, 0.05) is 6.20 Å². The quantitative estimate of drug-likeness (QED) is 0.757. The second-order valence-corrected chi connectivity index (χ2v) is 3.32. The summed E-state index contributed by atoms with van der Waals surface area (Å²) in [7, 11) is 0. The number of nitrogens with zero attached hydrogens (tertiary/aromatic N) is 2. The van der Waals surface area contributed by atoms with E-state index in [2.05, 4.69) is 23.5 Å². The van der Waals surface area contributed by atoms with Gasteiger partial charge in [-0.1, -0.05) is 13.2 Å². The van der Waals surface area contributed by atoms with Crippen LogP contribution in [0.4, 0.5) is 5.82 Å². The Morgan fingerprint density at radius 1 is 1.47 bits per heavy atom. The largest absolute Gasteiger partial charge is 0.329 e. The molecule has 1 rings (SSSR count). The molecular formula is C13H12N3O3. The zero-order chi connectivity index (χ0) is 14.3. The van der Waals surface area contributed by atoms with Crippen LogP contribution < -0.4 is 10.2 Å². The van der Waals surface area contributed by atoms with Gasteiger partial charge in [-0.25, -0.2) is 4.98 Å². The Hall–Kier alpha value is -2.76. The first-order valence-electron chi connectivity index (χ1n) is 5.31. The van der Waals surface area contributed by atoms with Crippen LogP contribution in [0.1, 0.15) is 10.4 Å². The fraction of sp³-hybridized carbons (Fsp3) is 0.0769. The minimum absolute atomic E-state index is 0.0649.